The Hall–Kier alpha value is -2.87. The highest BCUT2D eigenvalue weighted by molar-refractivity contribution is 6.00. The molecule has 2 rings (SSSR count). The Balaban J connectivity index is 2.40. The summed E-state index contributed by atoms with van der Waals surface area (Å²) in [5.41, 5.74) is 1.09. The van der Waals surface area contributed by atoms with Crippen molar-refractivity contribution in [2.45, 2.75) is 26.5 Å². The number of ether oxygens (including phenoxy) is 1. The molecule has 0 saturated heterocycles. The van der Waals surface area contributed by atoms with Gasteiger partial charge in [-0.2, -0.15) is 0 Å². The quantitative estimate of drug-likeness (QED) is 0.739. The van der Waals surface area contributed by atoms with Crippen LogP contribution in [0.25, 0.3) is 11.0 Å². The van der Waals surface area contributed by atoms with Crippen molar-refractivity contribution in [3.8, 4) is 0 Å². The Morgan fingerprint density at radius 3 is 2.62 bits per heavy atom. The molecular formula is C18H22N2O6. The van der Waals surface area contributed by atoms with Gasteiger partial charge in [-0.15, -0.1) is 0 Å². The molecule has 2 aromatic rings. The second-order valence-electron chi connectivity index (χ2n) is 5.83. The fourth-order valence-electron chi connectivity index (χ4n) is 2.65. The Morgan fingerprint density at radius 1 is 1.31 bits per heavy atom. The van der Waals surface area contributed by atoms with Gasteiger partial charge in [-0.25, -0.2) is 4.79 Å². The molecule has 1 heterocycles. The first kappa shape index (κ1) is 19.5. The van der Waals surface area contributed by atoms with E-state index in [0.717, 1.165) is 10.3 Å². The summed E-state index contributed by atoms with van der Waals surface area (Å²) in [6.07, 6.45) is 0. The third-order valence-electron chi connectivity index (χ3n) is 3.99. The van der Waals surface area contributed by atoms with Crippen LogP contribution >= 0.6 is 0 Å². The highest BCUT2D eigenvalue weighted by atomic mass is 16.5. The number of carboxylic acid groups (broad SMARTS) is 1. The van der Waals surface area contributed by atoms with Crippen molar-refractivity contribution in [1.29, 1.82) is 0 Å². The molecule has 2 amide bonds. The fourth-order valence-corrected chi connectivity index (χ4v) is 2.65. The smallest absolute Gasteiger partial charge is 0.326 e. The van der Waals surface area contributed by atoms with Crippen LogP contribution in [0, 0.1) is 0 Å². The number of carbonyl (C=O) groups excluding carboxylic acids is 2. The molecule has 1 unspecified atom stereocenters. The number of amides is 2. The molecule has 0 aliphatic heterocycles. The predicted molar refractivity (Wildman–Crippen MR) is 93.7 cm³/mol. The number of methoxy groups -OCH3 is 1. The minimum absolute atomic E-state index is 0.0371. The van der Waals surface area contributed by atoms with E-state index in [1.54, 1.807) is 12.1 Å². The second-order valence-corrected chi connectivity index (χ2v) is 5.83. The van der Waals surface area contributed by atoms with Crippen LogP contribution in [0.4, 0.5) is 0 Å². The predicted octanol–water partition coefficient (Wildman–Crippen LogP) is 1.63. The summed E-state index contributed by atoms with van der Waals surface area (Å²) in [4.78, 5) is 36.7. The zero-order valence-corrected chi connectivity index (χ0v) is 14.9. The number of fused-ring (bicyclic) bond motifs is 1. The van der Waals surface area contributed by atoms with Gasteiger partial charge in [-0.05, 0) is 13.0 Å². The van der Waals surface area contributed by atoms with Gasteiger partial charge >= 0.3 is 5.97 Å². The van der Waals surface area contributed by atoms with Crippen molar-refractivity contribution in [3.05, 3.63) is 35.6 Å². The van der Waals surface area contributed by atoms with E-state index in [1.807, 2.05) is 12.1 Å². The van der Waals surface area contributed by atoms with Crippen LogP contribution in [0.3, 0.4) is 0 Å². The van der Waals surface area contributed by atoms with Crippen molar-refractivity contribution in [2.24, 2.45) is 0 Å². The Bertz CT molecular complexity index is 813. The molecule has 0 aliphatic carbocycles. The maximum absolute atomic E-state index is 13.0. The second kappa shape index (κ2) is 8.48. The lowest BCUT2D eigenvalue weighted by Crippen LogP contribution is -2.46. The molecule has 0 spiro atoms. The van der Waals surface area contributed by atoms with Crippen LogP contribution in [0.1, 0.15) is 30.0 Å². The van der Waals surface area contributed by atoms with E-state index < -0.39 is 17.9 Å². The number of para-hydroxylation sites is 1. The molecule has 0 bridgehead atoms. The van der Waals surface area contributed by atoms with Gasteiger partial charge in [0.2, 0.25) is 5.91 Å². The molecule has 0 saturated carbocycles. The first-order chi connectivity index (χ1) is 12.4. The summed E-state index contributed by atoms with van der Waals surface area (Å²) in [6.45, 7) is 3.09. The van der Waals surface area contributed by atoms with Crippen molar-refractivity contribution in [2.75, 3.05) is 20.2 Å². The van der Waals surface area contributed by atoms with Gasteiger partial charge in [0, 0.05) is 38.1 Å². The van der Waals surface area contributed by atoms with Crippen molar-refractivity contribution in [3.63, 3.8) is 0 Å². The number of nitrogens with zero attached hydrogens (tertiary/aromatic N) is 1. The average molecular weight is 362 g/mol. The van der Waals surface area contributed by atoms with Crippen molar-refractivity contribution in [1.82, 2.24) is 10.2 Å². The topological polar surface area (TPSA) is 109 Å². The molecule has 1 aromatic heterocycles. The van der Waals surface area contributed by atoms with Gasteiger partial charge in [0.25, 0.3) is 5.91 Å². The molecule has 0 aliphatic rings. The Labute approximate surface area is 150 Å². The number of nitrogens with one attached hydrogen (secondary N) is 1. The maximum Gasteiger partial charge on any atom is 0.326 e. The van der Waals surface area contributed by atoms with E-state index in [9.17, 15) is 19.5 Å². The Morgan fingerprint density at radius 2 is 2.00 bits per heavy atom. The number of carboxylic acids is 1. The summed E-state index contributed by atoms with van der Waals surface area (Å²) in [5.74, 6) is -1.92. The highest BCUT2D eigenvalue weighted by Crippen LogP contribution is 2.28. The molecule has 8 nitrogen and oxygen atoms in total. The van der Waals surface area contributed by atoms with Crippen molar-refractivity contribution < 1.29 is 28.6 Å². The molecule has 140 valence electrons. The minimum atomic E-state index is -1.15. The highest BCUT2D eigenvalue weighted by Gasteiger charge is 2.31. The number of furan rings is 1. The number of hydrogen-bond acceptors (Lipinski definition) is 5. The fraction of sp³-hybridized carbons (Fsp3) is 0.389. The number of benzene rings is 1. The summed E-state index contributed by atoms with van der Waals surface area (Å²) in [7, 11) is 1.50. The van der Waals surface area contributed by atoms with Crippen molar-refractivity contribution >= 4 is 28.8 Å². The maximum atomic E-state index is 13.0. The van der Waals surface area contributed by atoms with E-state index in [4.69, 9.17) is 9.15 Å². The van der Waals surface area contributed by atoms with Crippen LogP contribution in [0.2, 0.25) is 0 Å². The van der Waals surface area contributed by atoms with Gasteiger partial charge in [0.1, 0.15) is 11.6 Å². The molecule has 2 N–H and O–H groups in total. The lowest BCUT2D eigenvalue weighted by molar-refractivity contribution is -0.141. The summed E-state index contributed by atoms with van der Waals surface area (Å²) in [6, 6.07) is 6.06. The molecule has 1 aromatic carbocycles. The third kappa shape index (κ3) is 4.20. The van der Waals surface area contributed by atoms with Gasteiger partial charge in [-0.3, -0.25) is 9.59 Å². The van der Waals surface area contributed by atoms with Gasteiger partial charge in [0.15, 0.2) is 5.76 Å². The van der Waals surface area contributed by atoms with Crippen LogP contribution in [-0.4, -0.2) is 54.0 Å². The number of carbonyl (C=O) groups is 3. The van der Waals surface area contributed by atoms with E-state index in [1.165, 1.54) is 21.0 Å². The molecule has 1 atom stereocenters. The molecule has 0 fully saturated rings. The molecule has 0 radical (unpaired) electrons. The lowest BCUT2D eigenvalue weighted by atomic mass is 10.1. The summed E-state index contributed by atoms with van der Waals surface area (Å²) < 4.78 is 10.9. The zero-order chi connectivity index (χ0) is 19.3. The SMILES string of the molecule is COCc1c(C(=O)N(CCNC(C)=O)C(C)C(=O)O)oc2ccccc12. The van der Waals surface area contributed by atoms with Gasteiger partial charge in [0.05, 0.1) is 6.61 Å². The van der Waals surface area contributed by atoms with E-state index >= 15 is 0 Å². The largest absolute Gasteiger partial charge is 0.480 e. The Kier molecular flexibility index (Phi) is 6.35. The summed E-state index contributed by atoms with van der Waals surface area (Å²) >= 11 is 0. The first-order valence-electron chi connectivity index (χ1n) is 8.14. The van der Waals surface area contributed by atoms with E-state index in [0.29, 0.717) is 11.1 Å². The third-order valence-corrected chi connectivity index (χ3v) is 3.99. The van der Waals surface area contributed by atoms with Crippen LogP contribution in [0.15, 0.2) is 28.7 Å². The van der Waals surface area contributed by atoms with Crippen LogP contribution < -0.4 is 5.32 Å². The number of hydrogen-bond donors (Lipinski definition) is 2. The van der Waals surface area contributed by atoms with E-state index in [2.05, 4.69) is 5.32 Å². The minimum Gasteiger partial charge on any atom is -0.480 e. The zero-order valence-electron chi connectivity index (χ0n) is 14.9. The molecule has 8 heteroatoms. The van der Waals surface area contributed by atoms with Crippen LogP contribution in [0.5, 0.6) is 0 Å². The normalized spacial score (nSPS) is 12.0. The van der Waals surface area contributed by atoms with Gasteiger partial charge in [-0.1, -0.05) is 18.2 Å². The number of aliphatic carboxylic acids is 1. The summed E-state index contributed by atoms with van der Waals surface area (Å²) in [5, 5.41) is 12.6. The standard InChI is InChI=1S/C18H22N2O6/c1-11(18(23)24)20(9-8-19-12(2)21)17(22)16-14(10-25-3)13-6-4-5-7-15(13)26-16/h4-7,11H,8-10H2,1-3H3,(H,19,21)(H,23,24). The monoisotopic (exact) mass is 362 g/mol. The van der Waals surface area contributed by atoms with Gasteiger partial charge < -0.3 is 24.5 Å². The molecule has 26 heavy (non-hydrogen) atoms. The van der Waals surface area contributed by atoms with Crippen LogP contribution in [-0.2, 0) is 20.9 Å². The van der Waals surface area contributed by atoms with E-state index in [-0.39, 0.29) is 31.4 Å². The first-order valence-corrected chi connectivity index (χ1v) is 8.14. The number of rotatable bonds is 8. The average Bonchev–Trinajstić information content (AvgIpc) is 2.96. The lowest BCUT2D eigenvalue weighted by Gasteiger charge is -2.26. The molecular weight excluding hydrogens is 340 g/mol.